The van der Waals surface area contributed by atoms with Gasteiger partial charge in [0, 0.05) is 55.0 Å². The minimum absolute atomic E-state index is 0.245. The van der Waals surface area contributed by atoms with Crippen molar-refractivity contribution < 1.29 is 4.39 Å². The first kappa shape index (κ1) is 19.6. The molecule has 0 spiro atoms. The normalized spacial score (nSPS) is 14.3. The molecule has 0 aliphatic carbocycles. The first-order valence-electron chi connectivity index (χ1n) is 10.3. The second-order valence-electron chi connectivity index (χ2n) is 7.38. The van der Waals surface area contributed by atoms with Gasteiger partial charge in [-0.05, 0) is 56.4 Å². The molecule has 0 amide bonds. The molecule has 3 aromatic rings. The number of anilines is 2. The molecule has 3 N–H and O–H groups in total. The largest absolute Gasteiger partial charge is 0.384 e. The van der Waals surface area contributed by atoms with E-state index in [0.717, 1.165) is 73.5 Å². The maximum Gasteiger partial charge on any atom is 0.124 e. The monoisotopic (exact) mass is 393 g/mol. The number of benzene rings is 2. The van der Waals surface area contributed by atoms with Crippen molar-refractivity contribution in [3.63, 3.8) is 0 Å². The number of halogens is 1. The maximum absolute atomic E-state index is 13.8. The molecule has 5 nitrogen and oxygen atoms in total. The van der Waals surface area contributed by atoms with Crippen molar-refractivity contribution in [1.29, 1.82) is 0 Å². The topological polar surface area (TPSA) is 52.2 Å². The molecule has 2 heterocycles. The lowest BCUT2D eigenvalue weighted by atomic mass is 10.1. The number of fused-ring (bicyclic) bond motifs is 1. The van der Waals surface area contributed by atoms with Gasteiger partial charge in [-0.15, -0.1) is 0 Å². The molecule has 6 heteroatoms. The Kier molecular flexibility index (Phi) is 6.22. The summed E-state index contributed by atoms with van der Waals surface area (Å²) in [5, 5.41) is 10.8. The van der Waals surface area contributed by atoms with Crippen molar-refractivity contribution in [1.82, 2.24) is 15.6 Å². The number of piperazine rings is 1. The molecule has 1 aromatic heterocycles. The fourth-order valence-corrected chi connectivity index (χ4v) is 3.75. The molecule has 0 radical (unpaired) electrons. The van der Waals surface area contributed by atoms with Gasteiger partial charge in [-0.2, -0.15) is 0 Å². The third-order valence-corrected chi connectivity index (χ3v) is 5.33. The number of aromatic nitrogens is 1. The van der Waals surface area contributed by atoms with Crippen LogP contribution < -0.4 is 20.9 Å². The van der Waals surface area contributed by atoms with Gasteiger partial charge in [0.25, 0.3) is 0 Å². The average molecular weight is 394 g/mol. The number of pyridine rings is 1. The Labute approximate surface area is 171 Å². The van der Waals surface area contributed by atoms with Crippen LogP contribution in [0.2, 0.25) is 0 Å². The fourth-order valence-electron chi connectivity index (χ4n) is 3.75. The zero-order chi connectivity index (χ0) is 20.1. The summed E-state index contributed by atoms with van der Waals surface area (Å²) in [6.07, 6.45) is 0.990. The van der Waals surface area contributed by atoms with Crippen molar-refractivity contribution in [2.45, 2.75) is 6.42 Å². The van der Waals surface area contributed by atoms with Gasteiger partial charge in [-0.3, -0.25) is 0 Å². The molecular formula is C23H28FN5. The third kappa shape index (κ3) is 4.66. The van der Waals surface area contributed by atoms with Gasteiger partial charge < -0.3 is 20.9 Å². The van der Waals surface area contributed by atoms with Crippen LogP contribution in [0.5, 0.6) is 0 Å². The zero-order valence-electron chi connectivity index (χ0n) is 16.8. The van der Waals surface area contributed by atoms with E-state index in [0.29, 0.717) is 0 Å². The molecule has 29 heavy (non-hydrogen) atoms. The van der Waals surface area contributed by atoms with E-state index in [2.05, 4.69) is 45.1 Å². The SMILES string of the molecule is CNCCCNc1cc(-c2ccc(N3CCNCC3)cc2)nc2ccc(F)cc12. The van der Waals surface area contributed by atoms with Crippen LogP contribution in [0.25, 0.3) is 22.2 Å². The lowest BCUT2D eigenvalue weighted by Crippen LogP contribution is -2.43. The minimum atomic E-state index is -0.245. The van der Waals surface area contributed by atoms with Crippen molar-refractivity contribution >= 4 is 22.3 Å². The van der Waals surface area contributed by atoms with E-state index in [1.165, 1.54) is 11.8 Å². The predicted octanol–water partition coefficient (Wildman–Crippen LogP) is 3.47. The van der Waals surface area contributed by atoms with Crippen LogP contribution in [-0.2, 0) is 0 Å². The second kappa shape index (κ2) is 9.20. The Balaban J connectivity index is 1.63. The second-order valence-corrected chi connectivity index (χ2v) is 7.38. The van der Waals surface area contributed by atoms with Gasteiger partial charge in [0.15, 0.2) is 0 Å². The van der Waals surface area contributed by atoms with Crippen LogP contribution in [0.1, 0.15) is 6.42 Å². The van der Waals surface area contributed by atoms with E-state index in [9.17, 15) is 4.39 Å². The van der Waals surface area contributed by atoms with Gasteiger partial charge in [-0.25, -0.2) is 9.37 Å². The van der Waals surface area contributed by atoms with Crippen LogP contribution in [0.3, 0.4) is 0 Å². The first-order chi connectivity index (χ1) is 14.2. The number of nitrogens with one attached hydrogen (secondary N) is 3. The molecular weight excluding hydrogens is 365 g/mol. The number of hydrogen-bond acceptors (Lipinski definition) is 5. The summed E-state index contributed by atoms with van der Waals surface area (Å²) in [7, 11) is 1.94. The number of nitrogens with zero attached hydrogens (tertiary/aromatic N) is 2. The summed E-state index contributed by atoms with van der Waals surface area (Å²) in [5.74, 6) is -0.245. The van der Waals surface area contributed by atoms with Crippen LogP contribution in [-0.4, -0.2) is 51.3 Å². The Hall–Kier alpha value is -2.70. The molecule has 1 aliphatic heterocycles. The van der Waals surface area contributed by atoms with E-state index in [1.54, 1.807) is 12.1 Å². The van der Waals surface area contributed by atoms with Crippen LogP contribution >= 0.6 is 0 Å². The van der Waals surface area contributed by atoms with E-state index in [1.807, 2.05) is 13.1 Å². The smallest absolute Gasteiger partial charge is 0.124 e. The van der Waals surface area contributed by atoms with E-state index < -0.39 is 0 Å². The molecule has 0 unspecified atom stereocenters. The Bertz CT molecular complexity index is 951. The molecule has 1 saturated heterocycles. The third-order valence-electron chi connectivity index (χ3n) is 5.33. The summed E-state index contributed by atoms with van der Waals surface area (Å²) in [4.78, 5) is 7.19. The summed E-state index contributed by atoms with van der Waals surface area (Å²) in [5.41, 5.74) is 4.92. The van der Waals surface area contributed by atoms with Crippen molar-refractivity contribution in [2.24, 2.45) is 0 Å². The van der Waals surface area contributed by atoms with E-state index >= 15 is 0 Å². The molecule has 152 valence electrons. The molecule has 1 aliphatic rings. The molecule has 4 rings (SSSR count). The molecule has 0 bridgehead atoms. The molecule has 0 saturated carbocycles. The molecule has 0 atom stereocenters. The van der Waals surface area contributed by atoms with Crippen molar-refractivity contribution in [3.05, 3.63) is 54.3 Å². The first-order valence-corrected chi connectivity index (χ1v) is 10.3. The highest BCUT2D eigenvalue weighted by atomic mass is 19.1. The van der Waals surface area contributed by atoms with E-state index in [4.69, 9.17) is 4.98 Å². The minimum Gasteiger partial charge on any atom is -0.384 e. The Morgan fingerprint density at radius 3 is 2.59 bits per heavy atom. The van der Waals surface area contributed by atoms with Crippen LogP contribution in [0.4, 0.5) is 15.8 Å². The summed E-state index contributed by atoms with van der Waals surface area (Å²) in [6, 6.07) is 15.4. The maximum atomic E-state index is 13.8. The van der Waals surface area contributed by atoms with Gasteiger partial charge in [0.1, 0.15) is 5.82 Å². The Morgan fingerprint density at radius 1 is 1.03 bits per heavy atom. The average Bonchev–Trinajstić information content (AvgIpc) is 2.77. The highest BCUT2D eigenvalue weighted by molar-refractivity contribution is 5.93. The van der Waals surface area contributed by atoms with Crippen molar-refractivity contribution in [3.8, 4) is 11.3 Å². The van der Waals surface area contributed by atoms with Gasteiger partial charge in [0.2, 0.25) is 0 Å². The molecule has 1 fully saturated rings. The highest BCUT2D eigenvalue weighted by Crippen LogP contribution is 2.30. The van der Waals surface area contributed by atoms with Gasteiger partial charge in [-0.1, -0.05) is 12.1 Å². The predicted molar refractivity (Wildman–Crippen MR) is 119 cm³/mol. The quantitative estimate of drug-likeness (QED) is 0.537. The fraction of sp³-hybridized carbons (Fsp3) is 0.348. The van der Waals surface area contributed by atoms with Crippen molar-refractivity contribution in [2.75, 3.05) is 56.5 Å². The number of rotatable bonds is 7. The standard InChI is InChI=1S/C23H28FN5/c1-25-9-2-10-27-23-16-22(28-21-8-5-18(24)15-20(21)23)17-3-6-19(7-4-17)29-13-11-26-12-14-29/h3-8,15-16,25-26H,2,9-14H2,1H3,(H,27,28). The van der Waals surface area contributed by atoms with Crippen LogP contribution in [0, 0.1) is 5.82 Å². The van der Waals surface area contributed by atoms with Crippen LogP contribution in [0.15, 0.2) is 48.5 Å². The zero-order valence-corrected chi connectivity index (χ0v) is 16.8. The summed E-state index contributed by atoms with van der Waals surface area (Å²) in [6.45, 7) is 5.85. The van der Waals surface area contributed by atoms with Gasteiger partial charge in [0.05, 0.1) is 11.2 Å². The highest BCUT2D eigenvalue weighted by Gasteiger charge is 2.12. The molecule has 2 aromatic carbocycles. The lowest BCUT2D eigenvalue weighted by Gasteiger charge is -2.29. The summed E-state index contributed by atoms with van der Waals surface area (Å²) >= 11 is 0. The summed E-state index contributed by atoms with van der Waals surface area (Å²) < 4.78 is 13.8. The Morgan fingerprint density at radius 2 is 1.83 bits per heavy atom. The van der Waals surface area contributed by atoms with Gasteiger partial charge >= 0.3 is 0 Å². The number of hydrogen-bond donors (Lipinski definition) is 3. The van der Waals surface area contributed by atoms with E-state index in [-0.39, 0.29) is 5.82 Å². The lowest BCUT2D eigenvalue weighted by molar-refractivity contribution is 0.589.